The molecule has 0 aromatic heterocycles. The molecule has 0 aliphatic rings. The monoisotopic (exact) mass is 294 g/mol. The van der Waals surface area contributed by atoms with Gasteiger partial charge in [-0.2, -0.15) is 0 Å². The molecule has 0 spiro atoms. The summed E-state index contributed by atoms with van der Waals surface area (Å²) >= 11 is 0. The summed E-state index contributed by atoms with van der Waals surface area (Å²) in [6.07, 6.45) is 0. The number of hydrogen-bond donors (Lipinski definition) is 1. The van der Waals surface area contributed by atoms with E-state index in [1.807, 2.05) is 13.8 Å². The van der Waals surface area contributed by atoms with Crippen LogP contribution in [0.3, 0.4) is 0 Å². The molecule has 0 radical (unpaired) electrons. The fraction of sp³-hybridized carbons (Fsp3) is 0.467. The lowest BCUT2D eigenvalue weighted by Gasteiger charge is -2.20. The van der Waals surface area contributed by atoms with Gasteiger partial charge >= 0.3 is 0 Å². The molecule has 0 saturated heterocycles. The lowest BCUT2D eigenvalue weighted by atomic mass is 10.3. The molecule has 0 aliphatic heterocycles. The maximum Gasteiger partial charge on any atom is 0.260 e. The Balaban J connectivity index is 2.47. The molecule has 21 heavy (non-hydrogen) atoms. The summed E-state index contributed by atoms with van der Waals surface area (Å²) in [5.74, 6) is 0.912. The van der Waals surface area contributed by atoms with Crippen molar-refractivity contribution < 1.29 is 19.1 Å². The fourth-order valence-corrected chi connectivity index (χ4v) is 1.71. The summed E-state index contributed by atoms with van der Waals surface area (Å²) < 4.78 is 10.5. The molecule has 0 heterocycles. The van der Waals surface area contributed by atoms with Gasteiger partial charge in [-0.3, -0.25) is 9.59 Å². The number of rotatable bonds is 8. The fourth-order valence-electron chi connectivity index (χ4n) is 1.71. The van der Waals surface area contributed by atoms with Crippen molar-refractivity contribution >= 4 is 11.8 Å². The summed E-state index contributed by atoms with van der Waals surface area (Å²) in [6.45, 7) is 4.62. The zero-order valence-electron chi connectivity index (χ0n) is 12.7. The molecule has 0 fully saturated rings. The minimum absolute atomic E-state index is 0.0507. The van der Waals surface area contributed by atoms with Crippen LogP contribution in [0.15, 0.2) is 24.3 Å². The van der Waals surface area contributed by atoms with Crippen LogP contribution >= 0.6 is 0 Å². The largest absolute Gasteiger partial charge is 0.497 e. The van der Waals surface area contributed by atoms with Gasteiger partial charge < -0.3 is 19.7 Å². The third-order valence-electron chi connectivity index (χ3n) is 2.86. The van der Waals surface area contributed by atoms with Gasteiger partial charge in [0.1, 0.15) is 11.5 Å². The average Bonchev–Trinajstić information content (AvgIpc) is 2.51. The van der Waals surface area contributed by atoms with Crippen LogP contribution in [0.4, 0.5) is 0 Å². The number of carbonyl (C=O) groups excluding carboxylic acids is 2. The number of ether oxygens (including phenoxy) is 2. The van der Waals surface area contributed by atoms with E-state index in [1.54, 1.807) is 31.4 Å². The van der Waals surface area contributed by atoms with Crippen LogP contribution in [0.25, 0.3) is 0 Å². The van der Waals surface area contributed by atoms with Crippen molar-refractivity contribution in [2.24, 2.45) is 0 Å². The molecule has 0 aliphatic carbocycles. The molecule has 0 unspecified atom stereocenters. The van der Waals surface area contributed by atoms with Crippen LogP contribution in [0.1, 0.15) is 13.8 Å². The molecule has 0 bridgehead atoms. The van der Waals surface area contributed by atoms with Crippen molar-refractivity contribution in [1.29, 1.82) is 0 Å². The van der Waals surface area contributed by atoms with Gasteiger partial charge in [-0.15, -0.1) is 0 Å². The Morgan fingerprint density at radius 1 is 1.14 bits per heavy atom. The van der Waals surface area contributed by atoms with Crippen molar-refractivity contribution in [3.8, 4) is 11.5 Å². The Hall–Kier alpha value is -2.24. The number of methoxy groups -OCH3 is 1. The van der Waals surface area contributed by atoms with Crippen molar-refractivity contribution in [1.82, 2.24) is 10.2 Å². The average molecular weight is 294 g/mol. The van der Waals surface area contributed by atoms with Gasteiger partial charge in [0.25, 0.3) is 5.91 Å². The van der Waals surface area contributed by atoms with E-state index in [1.165, 1.54) is 4.90 Å². The molecule has 1 aromatic rings. The van der Waals surface area contributed by atoms with Gasteiger partial charge in [-0.25, -0.2) is 0 Å². The molecule has 1 aromatic carbocycles. The molecule has 2 amide bonds. The minimum Gasteiger partial charge on any atom is -0.497 e. The third-order valence-corrected chi connectivity index (χ3v) is 2.86. The van der Waals surface area contributed by atoms with E-state index in [0.29, 0.717) is 18.8 Å². The van der Waals surface area contributed by atoms with Crippen LogP contribution in [0, 0.1) is 0 Å². The van der Waals surface area contributed by atoms with E-state index < -0.39 is 0 Å². The van der Waals surface area contributed by atoms with Crippen LogP contribution in [-0.4, -0.2) is 50.1 Å². The first-order valence-electron chi connectivity index (χ1n) is 6.92. The van der Waals surface area contributed by atoms with Crippen molar-refractivity contribution in [3.05, 3.63) is 24.3 Å². The molecule has 116 valence electrons. The highest BCUT2D eigenvalue weighted by atomic mass is 16.5. The number of amides is 2. The van der Waals surface area contributed by atoms with E-state index in [2.05, 4.69) is 5.32 Å². The first kappa shape index (κ1) is 16.8. The standard InChI is InChI=1S/C15H22N2O4/c1-4-16-14(18)10-17(5-2)15(19)11-21-13-8-6-12(20-3)7-9-13/h6-9H,4-5,10-11H2,1-3H3,(H,16,18). The third kappa shape index (κ3) is 5.72. The molecule has 0 saturated carbocycles. The Kier molecular flexibility index (Phi) is 7.08. The summed E-state index contributed by atoms with van der Waals surface area (Å²) in [6, 6.07) is 6.97. The van der Waals surface area contributed by atoms with E-state index in [-0.39, 0.29) is 25.0 Å². The summed E-state index contributed by atoms with van der Waals surface area (Å²) in [5, 5.41) is 2.66. The molecule has 6 heteroatoms. The maximum atomic E-state index is 12.0. The van der Waals surface area contributed by atoms with Gasteiger partial charge in [0.15, 0.2) is 6.61 Å². The van der Waals surface area contributed by atoms with Crippen molar-refractivity contribution in [2.75, 3.05) is 33.4 Å². The van der Waals surface area contributed by atoms with Gasteiger partial charge in [0.05, 0.1) is 13.7 Å². The normalized spacial score (nSPS) is 9.86. The smallest absolute Gasteiger partial charge is 0.260 e. The molecule has 1 rings (SSSR count). The highest BCUT2D eigenvalue weighted by molar-refractivity contribution is 5.85. The summed E-state index contributed by atoms with van der Waals surface area (Å²) in [7, 11) is 1.58. The molecule has 1 N–H and O–H groups in total. The number of carbonyl (C=O) groups is 2. The topological polar surface area (TPSA) is 67.9 Å². The predicted molar refractivity (Wildman–Crippen MR) is 79.4 cm³/mol. The lowest BCUT2D eigenvalue weighted by molar-refractivity contribution is -0.137. The Labute approximate surface area is 125 Å². The van der Waals surface area contributed by atoms with E-state index in [9.17, 15) is 9.59 Å². The Morgan fingerprint density at radius 3 is 2.29 bits per heavy atom. The molecular formula is C15H22N2O4. The Morgan fingerprint density at radius 2 is 1.76 bits per heavy atom. The molecule has 0 atom stereocenters. The van der Waals surface area contributed by atoms with E-state index in [0.717, 1.165) is 5.75 Å². The van der Waals surface area contributed by atoms with E-state index in [4.69, 9.17) is 9.47 Å². The van der Waals surface area contributed by atoms with Crippen LogP contribution in [0.2, 0.25) is 0 Å². The second kappa shape index (κ2) is 8.84. The highest BCUT2D eigenvalue weighted by Crippen LogP contribution is 2.16. The van der Waals surface area contributed by atoms with Gasteiger partial charge in [-0.05, 0) is 38.1 Å². The second-order valence-electron chi connectivity index (χ2n) is 4.33. The SMILES string of the molecule is CCNC(=O)CN(CC)C(=O)COc1ccc(OC)cc1. The summed E-state index contributed by atoms with van der Waals surface area (Å²) in [4.78, 5) is 25.0. The number of nitrogens with one attached hydrogen (secondary N) is 1. The number of nitrogens with zero attached hydrogens (tertiary/aromatic N) is 1. The van der Waals surface area contributed by atoms with Crippen molar-refractivity contribution in [2.45, 2.75) is 13.8 Å². The van der Waals surface area contributed by atoms with Crippen molar-refractivity contribution in [3.63, 3.8) is 0 Å². The highest BCUT2D eigenvalue weighted by Gasteiger charge is 2.15. The van der Waals surface area contributed by atoms with Gasteiger partial charge in [0.2, 0.25) is 5.91 Å². The molecular weight excluding hydrogens is 272 g/mol. The van der Waals surface area contributed by atoms with Crippen LogP contribution < -0.4 is 14.8 Å². The predicted octanol–water partition coefficient (Wildman–Crippen LogP) is 1.06. The second-order valence-corrected chi connectivity index (χ2v) is 4.33. The zero-order valence-corrected chi connectivity index (χ0v) is 12.7. The first-order valence-corrected chi connectivity index (χ1v) is 6.92. The summed E-state index contributed by atoms with van der Waals surface area (Å²) in [5.41, 5.74) is 0. The lowest BCUT2D eigenvalue weighted by Crippen LogP contribution is -2.42. The van der Waals surface area contributed by atoms with Gasteiger partial charge in [-0.1, -0.05) is 0 Å². The Bertz CT molecular complexity index is 459. The number of hydrogen-bond acceptors (Lipinski definition) is 4. The zero-order chi connectivity index (χ0) is 15.7. The van der Waals surface area contributed by atoms with Gasteiger partial charge in [0, 0.05) is 13.1 Å². The first-order chi connectivity index (χ1) is 10.1. The van der Waals surface area contributed by atoms with E-state index >= 15 is 0 Å². The number of likely N-dealkylation sites (N-methyl/N-ethyl adjacent to an activating group) is 2. The minimum atomic E-state index is -0.223. The van der Waals surface area contributed by atoms with Crippen LogP contribution in [0.5, 0.6) is 11.5 Å². The number of benzene rings is 1. The maximum absolute atomic E-state index is 12.0. The molecule has 6 nitrogen and oxygen atoms in total. The van der Waals surface area contributed by atoms with Crippen LogP contribution in [-0.2, 0) is 9.59 Å². The quantitative estimate of drug-likeness (QED) is 0.778.